The van der Waals surface area contributed by atoms with Crippen LogP contribution in [-0.4, -0.2) is 16.0 Å². The lowest BCUT2D eigenvalue weighted by atomic mass is 9.98. The van der Waals surface area contributed by atoms with Crippen molar-refractivity contribution in [2.45, 2.75) is 66.8 Å². The van der Waals surface area contributed by atoms with Crippen LogP contribution in [0.15, 0.2) is 24.8 Å². The molecular weight excluding hydrogens is 306 g/mol. The molecule has 0 saturated carbocycles. The average Bonchev–Trinajstić information content (AvgIpc) is 2.53. The number of anilines is 1. The summed E-state index contributed by atoms with van der Waals surface area (Å²) < 4.78 is 0. The van der Waals surface area contributed by atoms with Crippen LogP contribution in [0.25, 0.3) is 16.8 Å². The molecule has 2 aromatic heterocycles. The molecule has 2 rings (SSSR count). The molecule has 25 heavy (non-hydrogen) atoms. The highest BCUT2D eigenvalue weighted by Crippen LogP contribution is 2.32. The summed E-state index contributed by atoms with van der Waals surface area (Å²) in [5.41, 5.74) is 8.49. The van der Waals surface area contributed by atoms with Crippen LogP contribution in [0.1, 0.15) is 70.1 Å². The normalized spacial score (nSPS) is 11.2. The van der Waals surface area contributed by atoms with Gasteiger partial charge in [-0.25, -0.2) is 4.98 Å². The predicted octanol–water partition coefficient (Wildman–Crippen LogP) is 5.99. The van der Waals surface area contributed by atoms with Crippen molar-refractivity contribution in [1.82, 2.24) is 9.97 Å². The molecule has 2 heterocycles. The third-order valence-electron chi connectivity index (χ3n) is 4.28. The molecule has 2 aromatic rings. The van der Waals surface area contributed by atoms with E-state index < -0.39 is 0 Å². The second-order valence-corrected chi connectivity index (χ2v) is 7.35. The summed E-state index contributed by atoms with van der Waals surface area (Å²) in [7, 11) is 0. The Morgan fingerprint density at radius 2 is 1.84 bits per heavy atom. The Morgan fingerprint density at radius 1 is 1.16 bits per heavy atom. The van der Waals surface area contributed by atoms with E-state index in [0.29, 0.717) is 12.0 Å². The Kier molecular flexibility index (Phi) is 5.99. The highest BCUT2D eigenvalue weighted by Gasteiger charge is 2.16. The van der Waals surface area contributed by atoms with E-state index in [2.05, 4.69) is 71.6 Å². The van der Waals surface area contributed by atoms with Gasteiger partial charge in [-0.15, -0.1) is 0 Å². The van der Waals surface area contributed by atoms with Gasteiger partial charge in [-0.3, -0.25) is 4.98 Å². The fourth-order valence-corrected chi connectivity index (χ4v) is 2.96. The summed E-state index contributed by atoms with van der Waals surface area (Å²) in [5, 5.41) is 3.51. The Balaban J connectivity index is 2.65. The van der Waals surface area contributed by atoms with Crippen LogP contribution < -0.4 is 5.32 Å². The van der Waals surface area contributed by atoms with E-state index in [4.69, 9.17) is 9.97 Å². The maximum Gasteiger partial charge on any atom is 0.0892 e. The van der Waals surface area contributed by atoms with E-state index in [0.717, 1.165) is 46.0 Å². The SMILES string of the molecule is C=C(C)c1nc(-c2ccc(C(C)C)nc2C)c(CC)cc1NC(C)C. The van der Waals surface area contributed by atoms with Crippen LogP contribution in [0.3, 0.4) is 0 Å². The maximum absolute atomic E-state index is 5.00. The molecule has 1 N–H and O–H groups in total. The summed E-state index contributed by atoms with van der Waals surface area (Å²) >= 11 is 0. The van der Waals surface area contributed by atoms with Crippen molar-refractivity contribution in [3.8, 4) is 11.3 Å². The van der Waals surface area contributed by atoms with Gasteiger partial charge in [0.1, 0.15) is 0 Å². The molecule has 3 nitrogen and oxygen atoms in total. The van der Waals surface area contributed by atoms with E-state index in [1.165, 1.54) is 5.56 Å². The number of hydrogen-bond donors (Lipinski definition) is 1. The number of rotatable bonds is 6. The smallest absolute Gasteiger partial charge is 0.0892 e. The number of hydrogen-bond acceptors (Lipinski definition) is 3. The van der Waals surface area contributed by atoms with Crippen LogP contribution in [0.2, 0.25) is 0 Å². The second kappa shape index (κ2) is 7.81. The van der Waals surface area contributed by atoms with Gasteiger partial charge in [0.25, 0.3) is 0 Å². The largest absolute Gasteiger partial charge is 0.381 e. The molecule has 134 valence electrons. The van der Waals surface area contributed by atoms with Crippen molar-refractivity contribution in [2.24, 2.45) is 0 Å². The first kappa shape index (κ1) is 19.2. The van der Waals surface area contributed by atoms with Gasteiger partial charge >= 0.3 is 0 Å². The monoisotopic (exact) mass is 337 g/mol. The van der Waals surface area contributed by atoms with Crippen LogP contribution in [-0.2, 0) is 6.42 Å². The zero-order valence-electron chi connectivity index (χ0n) is 16.7. The summed E-state index contributed by atoms with van der Waals surface area (Å²) in [5.74, 6) is 0.426. The minimum absolute atomic E-state index is 0.351. The molecule has 0 aliphatic heterocycles. The van der Waals surface area contributed by atoms with Crippen LogP contribution >= 0.6 is 0 Å². The fraction of sp³-hybridized carbons (Fsp3) is 0.455. The van der Waals surface area contributed by atoms with Crippen molar-refractivity contribution in [2.75, 3.05) is 5.32 Å². The molecule has 0 aliphatic carbocycles. The van der Waals surface area contributed by atoms with E-state index in [1.54, 1.807) is 0 Å². The molecule has 0 spiro atoms. The Bertz CT molecular complexity index is 773. The van der Waals surface area contributed by atoms with E-state index in [-0.39, 0.29) is 0 Å². The van der Waals surface area contributed by atoms with Crippen molar-refractivity contribution in [1.29, 1.82) is 0 Å². The number of aryl methyl sites for hydroxylation is 2. The minimum Gasteiger partial charge on any atom is -0.381 e. The van der Waals surface area contributed by atoms with Gasteiger partial charge in [-0.05, 0) is 69.4 Å². The topological polar surface area (TPSA) is 37.8 Å². The van der Waals surface area contributed by atoms with Gasteiger partial charge in [0, 0.05) is 23.0 Å². The number of allylic oxidation sites excluding steroid dienone is 1. The van der Waals surface area contributed by atoms with Gasteiger partial charge in [0.15, 0.2) is 0 Å². The average molecular weight is 338 g/mol. The molecular formula is C22H31N3. The van der Waals surface area contributed by atoms with Crippen molar-refractivity contribution < 1.29 is 0 Å². The molecule has 0 unspecified atom stereocenters. The zero-order chi connectivity index (χ0) is 18.7. The number of nitrogens with zero attached hydrogens (tertiary/aromatic N) is 2. The summed E-state index contributed by atoms with van der Waals surface area (Å²) in [6, 6.07) is 6.86. The summed E-state index contributed by atoms with van der Waals surface area (Å²) in [4.78, 5) is 9.79. The Morgan fingerprint density at radius 3 is 2.32 bits per heavy atom. The van der Waals surface area contributed by atoms with Gasteiger partial charge in [0.05, 0.1) is 17.1 Å². The maximum atomic E-state index is 5.00. The highest BCUT2D eigenvalue weighted by molar-refractivity contribution is 5.77. The standard InChI is InChI=1S/C22H31N3/c1-9-17-12-20(23-15(6)7)21(14(4)5)25-22(17)18-10-11-19(13(2)3)24-16(18)8/h10-13,15,23H,4,9H2,1-3,5-8H3. The zero-order valence-corrected chi connectivity index (χ0v) is 16.7. The molecule has 0 aromatic carbocycles. The van der Waals surface area contributed by atoms with Crippen LogP contribution in [0.5, 0.6) is 0 Å². The molecule has 0 atom stereocenters. The number of pyridine rings is 2. The molecule has 0 aliphatic rings. The van der Waals surface area contributed by atoms with Crippen LogP contribution in [0, 0.1) is 6.92 Å². The molecule has 0 fully saturated rings. The van der Waals surface area contributed by atoms with E-state index in [9.17, 15) is 0 Å². The van der Waals surface area contributed by atoms with Gasteiger partial charge < -0.3 is 5.32 Å². The summed E-state index contributed by atoms with van der Waals surface area (Å²) in [6.07, 6.45) is 0.928. The first-order valence-electron chi connectivity index (χ1n) is 9.18. The second-order valence-electron chi connectivity index (χ2n) is 7.35. The first-order chi connectivity index (χ1) is 11.7. The van der Waals surface area contributed by atoms with Crippen molar-refractivity contribution in [3.63, 3.8) is 0 Å². The molecule has 0 bridgehead atoms. The van der Waals surface area contributed by atoms with Gasteiger partial charge in [0.2, 0.25) is 0 Å². The highest BCUT2D eigenvalue weighted by atomic mass is 14.9. The molecule has 0 amide bonds. The quantitative estimate of drug-likeness (QED) is 0.703. The molecule has 0 radical (unpaired) electrons. The number of aromatic nitrogens is 2. The van der Waals surface area contributed by atoms with Crippen molar-refractivity contribution in [3.05, 3.63) is 47.4 Å². The number of nitrogens with one attached hydrogen (secondary N) is 1. The summed E-state index contributed by atoms with van der Waals surface area (Å²) in [6.45, 7) is 19.0. The first-order valence-corrected chi connectivity index (χ1v) is 9.18. The lowest BCUT2D eigenvalue weighted by Crippen LogP contribution is -2.13. The Labute approximate surface area is 152 Å². The van der Waals surface area contributed by atoms with Gasteiger partial charge in [-0.2, -0.15) is 0 Å². The third-order valence-corrected chi connectivity index (χ3v) is 4.28. The van der Waals surface area contributed by atoms with Crippen LogP contribution in [0.4, 0.5) is 5.69 Å². The third kappa shape index (κ3) is 4.28. The van der Waals surface area contributed by atoms with E-state index in [1.807, 2.05) is 6.92 Å². The van der Waals surface area contributed by atoms with E-state index >= 15 is 0 Å². The fourth-order valence-electron chi connectivity index (χ4n) is 2.96. The van der Waals surface area contributed by atoms with Crippen molar-refractivity contribution >= 4 is 11.3 Å². The lowest BCUT2D eigenvalue weighted by Gasteiger charge is -2.19. The predicted molar refractivity (Wildman–Crippen MR) is 109 cm³/mol. The minimum atomic E-state index is 0.351. The molecule has 0 saturated heterocycles. The molecule has 3 heteroatoms. The van der Waals surface area contributed by atoms with Gasteiger partial charge in [-0.1, -0.05) is 27.4 Å². The Hall–Kier alpha value is -2.16. The lowest BCUT2D eigenvalue weighted by molar-refractivity contribution is 0.816.